The minimum atomic E-state index is -3.85. The Morgan fingerprint density at radius 3 is 2.68 bits per heavy atom. The molecule has 1 aromatic heterocycles. The number of benzene rings is 2. The number of methoxy groups -OCH3 is 1. The first kappa shape index (κ1) is 21.0. The van der Waals surface area contributed by atoms with E-state index in [4.69, 9.17) is 33.1 Å². The molecule has 0 saturated heterocycles. The lowest BCUT2D eigenvalue weighted by Crippen LogP contribution is -2.19. The van der Waals surface area contributed by atoms with Crippen LogP contribution in [-0.4, -0.2) is 32.6 Å². The molecule has 7 nitrogen and oxygen atoms in total. The molecule has 0 bridgehead atoms. The Hall–Kier alpha value is -1.75. The number of sulfonamides is 1. The van der Waals surface area contributed by atoms with E-state index < -0.39 is 15.9 Å². The van der Waals surface area contributed by atoms with Gasteiger partial charge in [0, 0.05) is 18.7 Å². The van der Waals surface area contributed by atoms with Gasteiger partial charge in [-0.05, 0) is 36.4 Å². The van der Waals surface area contributed by atoms with E-state index in [1.165, 1.54) is 24.3 Å². The van der Waals surface area contributed by atoms with Crippen LogP contribution in [0, 0.1) is 0 Å². The van der Waals surface area contributed by atoms with Crippen molar-refractivity contribution in [3.05, 3.63) is 56.8 Å². The van der Waals surface area contributed by atoms with Crippen LogP contribution in [0.25, 0.3) is 10.2 Å². The minimum Gasteiger partial charge on any atom is -0.383 e. The second kappa shape index (κ2) is 8.32. The van der Waals surface area contributed by atoms with Gasteiger partial charge in [-0.1, -0.05) is 34.5 Å². The van der Waals surface area contributed by atoms with Crippen molar-refractivity contribution >= 4 is 60.7 Å². The summed E-state index contributed by atoms with van der Waals surface area (Å²) in [6.45, 7) is 0.794. The van der Waals surface area contributed by atoms with Gasteiger partial charge in [-0.3, -0.25) is 4.79 Å². The molecule has 0 atom stereocenters. The first-order valence-corrected chi connectivity index (χ1v) is 11.0. The molecule has 0 aliphatic rings. The zero-order chi connectivity index (χ0) is 20.5. The van der Waals surface area contributed by atoms with Gasteiger partial charge in [-0.25, -0.2) is 13.6 Å². The Balaban J connectivity index is 2.18. The van der Waals surface area contributed by atoms with Gasteiger partial charge in [0.1, 0.15) is 0 Å². The van der Waals surface area contributed by atoms with Gasteiger partial charge in [0.25, 0.3) is 5.91 Å². The van der Waals surface area contributed by atoms with Gasteiger partial charge < -0.3 is 9.30 Å². The van der Waals surface area contributed by atoms with Gasteiger partial charge in [0.15, 0.2) is 4.80 Å². The van der Waals surface area contributed by atoms with E-state index in [0.29, 0.717) is 33.2 Å². The summed E-state index contributed by atoms with van der Waals surface area (Å²) in [4.78, 5) is 17.2. The molecule has 28 heavy (non-hydrogen) atoms. The summed E-state index contributed by atoms with van der Waals surface area (Å²) in [5.74, 6) is -0.558. The molecule has 0 spiro atoms. The van der Waals surface area contributed by atoms with Crippen LogP contribution in [0.15, 0.2) is 46.3 Å². The number of ether oxygens (including phenoxy) is 1. The molecular formula is C17H15Cl2N3O4S2. The second-order valence-electron chi connectivity index (χ2n) is 5.74. The van der Waals surface area contributed by atoms with Crippen molar-refractivity contribution in [1.82, 2.24) is 4.57 Å². The van der Waals surface area contributed by atoms with E-state index in [-0.39, 0.29) is 15.5 Å². The fourth-order valence-corrected chi connectivity index (χ4v) is 4.60. The molecule has 2 aromatic carbocycles. The standard InChI is InChI=1S/C17H15Cl2N3O4S2/c1-26-7-6-22-14-5-3-11(28(20,24)25)9-15(14)27-17(22)21-16(23)12-8-10(18)2-4-13(12)19/h2-5,8-9H,6-7H2,1H3,(H2,20,24,25). The van der Waals surface area contributed by atoms with Gasteiger partial charge in [0.05, 0.1) is 32.3 Å². The van der Waals surface area contributed by atoms with Gasteiger partial charge >= 0.3 is 0 Å². The largest absolute Gasteiger partial charge is 0.383 e. The normalized spacial score (nSPS) is 12.6. The third kappa shape index (κ3) is 4.45. The van der Waals surface area contributed by atoms with E-state index in [1.54, 1.807) is 23.8 Å². The maximum atomic E-state index is 12.7. The molecule has 3 rings (SSSR count). The molecule has 0 aliphatic heterocycles. The number of rotatable bonds is 5. The summed E-state index contributed by atoms with van der Waals surface area (Å²) in [5, 5.41) is 5.81. The van der Waals surface area contributed by atoms with Crippen molar-refractivity contribution in [1.29, 1.82) is 0 Å². The lowest BCUT2D eigenvalue weighted by molar-refractivity contribution is 0.0997. The Morgan fingerprint density at radius 2 is 2.00 bits per heavy atom. The Labute approximate surface area is 175 Å². The molecule has 0 unspecified atom stereocenters. The number of carbonyl (C=O) groups is 1. The molecule has 11 heteroatoms. The number of nitrogens with two attached hydrogens (primary N) is 1. The smallest absolute Gasteiger partial charge is 0.281 e. The van der Waals surface area contributed by atoms with Gasteiger partial charge in [-0.15, -0.1) is 0 Å². The summed E-state index contributed by atoms with van der Waals surface area (Å²) in [5.41, 5.74) is 0.883. The number of aromatic nitrogens is 1. The number of nitrogens with zero attached hydrogens (tertiary/aromatic N) is 2. The monoisotopic (exact) mass is 459 g/mol. The van der Waals surface area contributed by atoms with Crippen molar-refractivity contribution in [3.63, 3.8) is 0 Å². The van der Waals surface area contributed by atoms with Crippen molar-refractivity contribution in [2.45, 2.75) is 11.4 Å². The SMILES string of the molecule is COCCn1c(=NC(=O)c2cc(Cl)ccc2Cl)sc2cc(S(N)(=O)=O)ccc21. The maximum absolute atomic E-state index is 12.7. The third-order valence-electron chi connectivity index (χ3n) is 3.86. The highest BCUT2D eigenvalue weighted by atomic mass is 35.5. The number of halogens is 2. The number of hydrogen-bond acceptors (Lipinski definition) is 5. The highest BCUT2D eigenvalue weighted by molar-refractivity contribution is 7.89. The number of thiazole rings is 1. The summed E-state index contributed by atoms with van der Waals surface area (Å²) in [6.07, 6.45) is 0. The van der Waals surface area contributed by atoms with Gasteiger partial charge in [0.2, 0.25) is 10.0 Å². The molecule has 3 aromatic rings. The molecule has 0 saturated carbocycles. The number of hydrogen-bond donors (Lipinski definition) is 1. The summed E-state index contributed by atoms with van der Waals surface area (Å²) < 4.78 is 30.8. The average Bonchev–Trinajstić information content (AvgIpc) is 2.97. The fraction of sp³-hybridized carbons (Fsp3) is 0.176. The van der Waals surface area contributed by atoms with Crippen LogP contribution < -0.4 is 9.94 Å². The lowest BCUT2D eigenvalue weighted by atomic mass is 10.2. The minimum absolute atomic E-state index is 0.0177. The quantitative estimate of drug-likeness (QED) is 0.632. The van der Waals surface area contributed by atoms with E-state index >= 15 is 0 Å². The van der Waals surface area contributed by atoms with Crippen LogP contribution in [0.4, 0.5) is 0 Å². The van der Waals surface area contributed by atoms with Crippen molar-refractivity contribution in [2.75, 3.05) is 13.7 Å². The van der Waals surface area contributed by atoms with E-state index in [0.717, 1.165) is 11.3 Å². The van der Waals surface area contributed by atoms with Crippen LogP contribution in [0.3, 0.4) is 0 Å². The highest BCUT2D eigenvalue weighted by Gasteiger charge is 2.15. The molecule has 0 radical (unpaired) electrons. The number of primary sulfonamides is 1. The first-order chi connectivity index (χ1) is 13.2. The Kier molecular flexibility index (Phi) is 6.23. The zero-order valence-corrected chi connectivity index (χ0v) is 17.7. The van der Waals surface area contributed by atoms with E-state index in [1.807, 2.05) is 0 Å². The molecule has 1 heterocycles. The van der Waals surface area contributed by atoms with Crippen LogP contribution in [0.1, 0.15) is 10.4 Å². The van der Waals surface area contributed by atoms with Crippen molar-refractivity contribution < 1.29 is 17.9 Å². The highest BCUT2D eigenvalue weighted by Crippen LogP contribution is 2.23. The van der Waals surface area contributed by atoms with E-state index in [2.05, 4.69) is 4.99 Å². The fourth-order valence-electron chi connectivity index (χ4n) is 2.52. The second-order valence-corrected chi connectivity index (χ2v) is 9.16. The topological polar surface area (TPSA) is 104 Å². The molecule has 1 amide bonds. The van der Waals surface area contributed by atoms with Crippen LogP contribution in [0.2, 0.25) is 10.0 Å². The Morgan fingerprint density at radius 1 is 1.25 bits per heavy atom. The van der Waals surface area contributed by atoms with E-state index in [9.17, 15) is 13.2 Å². The summed E-state index contributed by atoms with van der Waals surface area (Å²) in [7, 11) is -2.29. The molecule has 0 aliphatic carbocycles. The Bertz CT molecular complexity index is 1230. The predicted molar refractivity (Wildman–Crippen MR) is 109 cm³/mol. The summed E-state index contributed by atoms with van der Waals surface area (Å²) in [6, 6.07) is 9.03. The molecular weight excluding hydrogens is 445 g/mol. The third-order valence-corrected chi connectivity index (χ3v) is 6.37. The van der Waals surface area contributed by atoms with Gasteiger partial charge in [-0.2, -0.15) is 4.99 Å². The van der Waals surface area contributed by atoms with Crippen LogP contribution in [0.5, 0.6) is 0 Å². The zero-order valence-electron chi connectivity index (χ0n) is 14.6. The maximum Gasteiger partial charge on any atom is 0.281 e. The number of fused-ring (bicyclic) bond motifs is 1. The van der Waals surface area contributed by atoms with Crippen molar-refractivity contribution in [3.8, 4) is 0 Å². The number of amides is 1. The summed E-state index contributed by atoms with van der Waals surface area (Å²) >= 11 is 13.2. The van der Waals surface area contributed by atoms with Crippen LogP contribution >= 0.6 is 34.5 Å². The number of carbonyl (C=O) groups excluding carboxylic acids is 1. The molecule has 0 fully saturated rings. The van der Waals surface area contributed by atoms with Crippen molar-refractivity contribution in [2.24, 2.45) is 10.1 Å². The first-order valence-electron chi connectivity index (χ1n) is 7.90. The average molecular weight is 460 g/mol. The molecule has 2 N–H and O–H groups in total. The lowest BCUT2D eigenvalue weighted by Gasteiger charge is -2.05. The predicted octanol–water partition coefficient (Wildman–Crippen LogP) is 3.04. The van der Waals surface area contributed by atoms with Crippen LogP contribution in [-0.2, 0) is 21.3 Å². The molecule has 148 valence electrons.